The lowest BCUT2D eigenvalue weighted by atomic mass is 10.1. The van der Waals surface area contributed by atoms with E-state index in [1.807, 2.05) is 13.8 Å². The lowest BCUT2D eigenvalue weighted by Gasteiger charge is -2.25. The monoisotopic (exact) mass is 510 g/mol. The van der Waals surface area contributed by atoms with Crippen LogP contribution in [0, 0.1) is 13.8 Å². The van der Waals surface area contributed by atoms with Crippen LogP contribution in [-0.4, -0.2) is 69.1 Å². The Bertz CT molecular complexity index is 1350. The molecule has 0 aliphatic carbocycles. The number of fused-ring (bicyclic) bond motifs is 1. The molecule has 0 aromatic carbocycles. The van der Waals surface area contributed by atoms with Gasteiger partial charge in [0.1, 0.15) is 16.7 Å². The van der Waals surface area contributed by atoms with Gasteiger partial charge in [0.25, 0.3) is 5.91 Å². The Kier molecular flexibility index (Phi) is 6.61. The number of carbonyl (C=O) groups excluding carboxylic acids is 1. The Hall–Kier alpha value is -3.54. The van der Waals surface area contributed by atoms with E-state index >= 15 is 0 Å². The van der Waals surface area contributed by atoms with Crippen molar-refractivity contribution in [2.75, 3.05) is 44.0 Å². The number of nitrogen functional groups attached to an aromatic ring is 1. The summed E-state index contributed by atoms with van der Waals surface area (Å²) in [6, 6.07) is 0. The zero-order chi connectivity index (χ0) is 25.4. The van der Waals surface area contributed by atoms with E-state index in [-0.39, 0.29) is 23.6 Å². The molecule has 1 amide bonds. The molecule has 36 heavy (non-hydrogen) atoms. The molecule has 5 heterocycles. The summed E-state index contributed by atoms with van der Waals surface area (Å²) in [6.45, 7) is 7.88. The summed E-state index contributed by atoms with van der Waals surface area (Å²) in [4.78, 5) is 38.2. The zero-order valence-corrected chi connectivity index (χ0v) is 21.1. The number of aryl methyl sites for hydroxylation is 1. The van der Waals surface area contributed by atoms with Crippen LogP contribution in [0.4, 0.5) is 11.8 Å². The van der Waals surface area contributed by atoms with Crippen LogP contribution in [-0.2, 0) is 22.6 Å². The molecule has 1 fully saturated rings. The summed E-state index contributed by atoms with van der Waals surface area (Å²) < 4.78 is 10.9. The predicted molar refractivity (Wildman–Crippen MR) is 135 cm³/mol. The maximum atomic E-state index is 13.7. The van der Waals surface area contributed by atoms with Crippen LogP contribution in [0.1, 0.15) is 33.9 Å². The van der Waals surface area contributed by atoms with Gasteiger partial charge in [-0.25, -0.2) is 9.97 Å². The van der Waals surface area contributed by atoms with Gasteiger partial charge in [0.2, 0.25) is 5.95 Å². The lowest BCUT2D eigenvalue weighted by Crippen LogP contribution is -2.35. The largest absolute Gasteiger partial charge is 0.496 e. The maximum Gasteiger partial charge on any atom is 0.260 e. The van der Waals surface area contributed by atoms with Crippen molar-refractivity contribution in [3.05, 3.63) is 51.4 Å². The summed E-state index contributed by atoms with van der Waals surface area (Å²) in [6.07, 6.45) is 5.16. The number of morpholine rings is 1. The Balaban J connectivity index is 1.48. The topological polar surface area (TPSA) is 135 Å². The number of nitrogens with two attached hydrogens (primary N) is 1. The van der Waals surface area contributed by atoms with E-state index in [0.29, 0.717) is 28.5 Å². The van der Waals surface area contributed by atoms with Crippen LogP contribution in [0.2, 0.25) is 5.15 Å². The number of aromatic nitrogens is 5. The van der Waals surface area contributed by atoms with Crippen molar-refractivity contribution in [2.45, 2.75) is 26.9 Å². The third kappa shape index (κ3) is 4.52. The zero-order valence-electron chi connectivity index (χ0n) is 20.3. The van der Waals surface area contributed by atoms with Gasteiger partial charge in [0, 0.05) is 48.8 Å². The first kappa shape index (κ1) is 24.2. The number of imidazole rings is 1. The SMILES string of the molecule is COc1c(C)cnc(CN2C(=O)C(=Cc3ncc(CN4CCOCC4)[nH]3)c3c(Cl)nc(N)nc32)c1C. The van der Waals surface area contributed by atoms with E-state index in [1.54, 1.807) is 25.6 Å². The highest BCUT2D eigenvalue weighted by atomic mass is 35.5. The average molecular weight is 511 g/mol. The molecule has 0 spiro atoms. The van der Waals surface area contributed by atoms with E-state index in [4.69, 9.17) is 26.8 Å². The fourth-order valence-corrected chi connectivity index (χ4v) is 4.81. The molecule has 11 nitrogen and oxygen atoms in total. The highest BCUT2D eigenvalue weighted by molar-refractivity contribution is 6.41. The molecule has 5 rings (SSSR count). The molecule has 0 saturated carbocycles. The normalized spacial score (nSPS) is 17.2. The standard InChI is InChI=1S/C24H27ClN8O3/c1-13-9-27-17(14(2)20(13)35-3)12-33-22-19(21(25)30-24(26)31-22)16(23(33)34)8-18-28-10-15(29-18)11-32-4-6-36-7-5-32/h8-10H,4-7,11-12H2,1-3H3,(H,28,29)(H2,26,30,31). The number of anilines is 2. The van der Waals surface area contributed by atoms with E-state index in [1.165, 1.54) is 4.90 Å². The van der Waals surface area contributed by atoms with Crippen molar-refractivity contribution in [1.29, 1.82) is 0 Å². The number of nitrogens with zero attached hydrogens (tertiary/aromatic N) is 6. The number of ether oxygens (including phenoxy) is 2. The molecular weight excluding hydrogens is 484 g/mol. The minimum Gasteiger partial charge on any atom is -0.496 e. The van der Waals surface area contributed by atoms with E-state index in [9.17, 15) is 4.79 Å². The van der Waals surface area contributed by atoms with Gasteiger partial charge in [-0.15, -0.1) is 0 Å². The molecule has 0 unspecified atom stereocenters. The van der Waals surface area contributed by atoms with Crippen LogP contribution in [0.25, 0.3) is 11.6 Å². The van der Waals surface area contributed by atoms with Crippen molar-refractivity contribution in [3.63, 3.8) is 0 Å². The molecule has 3 N–H and O–H groups in total. The summed E-state index contributed by atoms with van der Waals surface area (Å²) in [5, 5.41) is 0.103. The number of pyridine rings is 1. The van der Waals surface area contributed by atoms with Gasteiger partial charge in [-0.3, -0.25) is 19.6 Å². The average Bonchev–Trinajstić information content (AvgIpc) is 3.39. The van der Waals surface area contributed by atoms with Gasteiger partial charge in [-0.05, 0) is 19.9 Å². The van der Waals surface area contributed by atoms with Crippen LogP contribution in [0.3, 0.4) is 0 Å². The van der Waals surface area contributed by atoms with Gasteiger partial charge in [0.15, 0.2) is 5.82 Å². The number of amides is 1. The van der Waals surface area contributed by atoms with Crippen LogP contribution in [0.5, 0.6) is 5.75 Å². The van der Waals surface area contributed by atoms with E-state index < -0.39 is 0 Å². The first-order chi connectivity index (χ1) is 17.4. The van der Waals surface area contributed by atoms with Crippen LogP contribution < -0.4 is 15.4 Å². The van der Waals surface area contributed by atoms with E-state index in [2.05, 4.69) is 29.8 Å². The fraction of sp³-hybridized carbons (Fsp3) is 0.375. The fourth-order valence-electron chi connectivity index (χ4n) is 4.54. The number of hydrogen-bond acceptors (Lipinski definition) is 9. The Morgan fingerprint density at radius 2 is 1.97 bits per heavy atom. The molecule has 0 radical (unpaired) electrons. The Morgan fingerprint density at radius 1 is 1.19 bits per heavy atom. The first-order valence-electron chi connectivity index (χ1n) is 11.6. The highest BCUT2D eigenvalue weighted by Crippen LogP contribution is 2.41. The van der Waals surface area contributed by atoms with Crippen LogP contribution >= 0.6 is 11.6 Å². The molecule has 188 valence electrons. The minimum atomic E-state index is -0.293. The van der Waals surface area contributed by atoms with E-state index in [0.717, 1.165) is 55.4 Å². The molecule has 3 aromatic heterocycles. The van der Waals surface area contributed by atoms with Crippen molar-refractivity contribution in [1.82, 2.24) is 29.8 Å². The van der Waals surface area contributed by atoms with Gasteiger partial charge in [-0.2, -0.15) is 4.98 Å². The third-order valence-electron chi connectivity index (χ3n) is 6.35. The summed E-state index contributed by atoms with van der Waals surface area (Å²) >= 11 is 6.47. The molecule has 2 aliphatic rings. The number of nitrogens with one attached hydrogen (secondary N) is 1. The van der Waals surface area contributed by atoms with Gasteiger partial charge >= 0.3 is 0 Å². The van der Waals surface area contributed by atoms with Crippen LogP contribution in [0.15, 0.2) is 12.4 Å². The number of rotatable bonds is 6. The minimum absolute atomic E-state index is 0.0187. The molecule has 0 bridgehead atoms. The second-order valence-electron chi connectivity index (χ2n) is 8.75. The highest BCUT2D eigenvalue weighted by Gasteiger charge is 2.37. The van der Waals surface area contributed by atoms with Gasteiger partial charge < -0.3 is 20.2 Å². The quantitative estimate of drug-likeness (QED) is 0.378. The molecular formula is C24H27ClN8O3. The lowest BCUT2D eigenvalue weighted by molar-refractivity contribution is -0.113. The second-order valence-corrected chi connectivity index (χ2v) is 9.11. The predicted octanol–water partition coefficient (Wildman–Crippen LogP) is 2.38. The van der Waals surface area contributed by atoms with Gasteiger partial charge in [0.05, 0.1) is 43.7 Å². The Morgan fingerprint density at radius 3 is 2.72 bits per heavy atom. The molecule has 3 aromatic rings. The molecule has 0 atom stereocenters. The summed E-state index contributed by atoms with van der Waals surface area (Å²) in [5.74, 6) is 1.29. The van der Waals surface area contributed by atoms with Crippen molar-refractivity contribution < 1.29 is 14.3 Å². The van der Waals surface area contributed by atoms with Gasteiger partial charge in [-0.1, -0.05) is 11.6 Å². The second kappa shape index (κ2) is 9.84. The van der Waals surface area contributed by atoms with Crippen molar-refractivity contribution in [2.24, 2.45) is 0 Å². The third-order valence-corrected chi connectivity index (χ3v) is 6.62. The number of H-pyrrole nitrogens is 1. The number of carbonyl (C=O) groups is 1. The van der Waals surface area contributed by atoms with Crippen molar-refractivity contribution in [3.8, 4) is 5.75 Å². The number of halogens is 1. The Labute approximate surface area is 213 Å². The number of methoxy groups -OCH3 is 1. The molecule has 1 saturated heterocycles. The molecule has 2 aliphatic heterocycles. The number of hydrogen-bond donors (Lipinski definition) is 2. The molecule has 12 heteroatoms. The summed E-state index contributed by atoms with van der Waals surface area (Å²) in [7, 11) is 1.61. The van der Waals surface area contributed by atoms with Crippen molar-refractivity contribution >= 4 is 40.9 Å². The first-order valence-corrected chi connectivity index (χ1v) is 11.9. The smallest absolute Gasteiger partial charge is 0.260 e. The maximum absolute atomic E-state index is 13.7. The summed E-state index contributed by atoms with van der Waals surface area (Å²) in [5.41, 5.74) is 10.0. The number of aromatic amines is 1.